The molecule has 0 saturated carbocycles. The summed E-state index contributed by atoms with van der Waals surface area (Å²) in [5.41, 5.74) is 7.20. The largest absolute Gasteiger partial charge is 0.397 e. The van der Waals surface area contributed by atoms with Crippen LogP contribution < -0.4 is 10.6 Å². The van der Waals surface area contributed by atoms with Crippen LogP contribution in [0.5, 0.6) is 0 Å². The van der Waals surface area contributed by atoms with Crippen molar-refractivity contribution in [1.29, 1.82) is 0 Å². The Morgan fingerprint density at radius 1 is 1.58 bits per heavy atom. The number of hydrogen-bond acceptors (Lipinski definition) is 3. The summed E-state index contributed by atoms with van der Waals surface area (Å²) in [6.07, 6.45) is 3.39. The van der Waals surface area contributed by atoms with Crippen molar-refractivity contribution in [2.45, 2.75) is 0 Å². The van der Waals surface area contributed by atoms with Crippen LogP contribution in [-0.4, -0.2) is 19.1 Å². The molecule has 0 atom stereocenters. The van der Waals surface area contributed by atoms with E-state index in [0.29, 0.717) is 5.69 Å². The summed E-state index contributed by atoms with van der Waals surface area (Å²) in [5, 5.41) is 0. The predicted molar refractivity (Wildman–Crippen MR) is 53.1 cm³/mol. The Hall–Kier alpha value is -1.51. The van der Waals surface area contributed by atoms with Crippen LogP contribution in [0.25, 0.3) is 6.08 Å². The Morgan fingerprint density at radius 2 is 2.25 bits per heavy atom. The van der Waals surface area contributed by atoms with Crippen LogP contribution >= 0.6 is 0 Å². The Balaban J connectivity index is 3.20. The smallest absolute Gasteiger partial charge is 0.135 e. The van der Waals surface area contributed by atoms with Crippen molar-refractivity contribution < 1.29 is 0 Å². The molecule has 3 heteroatoms. The zero-order valence-corrected chi connectivity index (χ0v) is 7.41. The van der Waals surface area contributed by atoms with Gasteiger partial charge in [0.25, 0.3) is 0 Å². The molecule has 0 bridgehead atoms. The van der Waals surface area contributed by atoms with E-state index in [1.54, 1.807) is 12.3 Å². The second-order valence-electron chi connectivity index (χ2n) is 2.78. The minimum Gasteiger partial charge on any atom is -0.397 e. The third-order valence-electron chi connectivity index (χ3n) is 1.56. The Labute approximate surface area is 72.5 Å². The molecule has 12 heavy (non-hydrogen) atoms. The lowest BCUT2D eigenvalue weighted by molar-refractivity contribution is 1.06. The quantitative estimate of drug-likeness (QED) is 0.716. The summed E-state index contributed by atoms with van der Waals surface area (Å²) in [5.74, 6) is 0.888. The molecule has 1 aromatic rings. The normalized spacial score (nSPS) is 9.50. The van der Waals surface area contributed by atoms with Crippen molar-refractivity contribution >= 4 is 17.6 Å². The zero-order valence-electron chi connectivity index (χ0n) is 7.41. The summed E-state index contributed by atoms with van der Waals surface area (Å²) in [6, 6.07) is 1.86. The van der Waals surface area contributed by atoms with Gasteiger partial charge in [-0.1, -0.05) is 12.7 Å². The zero-order chi connectivity index (χ0) is 9.14. The monoisotopic (exact) mass is 163 g/mol. The Morgan fingerprint density at radius 3 is 2.75 bits per heavy atom. The first-order valence-corrected chi connectivity index (χ1v) is 3.70. The highest BCUT2D eigenvalue weighted by Crippen LogP contribution is 2.18. The van der Waals surface area contributed by atoms with Crippen molar-refractivity contribution in [3.8, 4) is 0 Å². The van der Waals surface area contributed by atoms with Gasteiger partial charge in [0.2, 0.25) is 0 Å². The molecule has 0 saturated heterocycles. The lowest BCUT2D eigenvalue weighted by Gasteiger charge is -2.13. The van der Waals surface area contributed by atoms with Gasteiger partial charge in [0.05, 0.1) is 11.9 Å². The number of nitrogens with two attached hydrogens (primary N) is 1. The molecule has 0 aliphatic carbocycles. The van der Waals surface area contributed by atoms with Gasteiger partial charge in [-0.2, -0.15) is 0 Å². The lowest BCUT2D eigenvalue weighted by atomic mass is 10.2. The first-order valence-electron chi connectivity index (χ1n) is 3.70. The summed E-state index contributed by atoms with van der Waals surface area (Å²) >= 11 is 0. The maximum Gasteiger partial charge on any atom is 0.135 e. The highest BCUT2D eigenvalue weighted by Gasteiger charge is 2.02. The topological polar surface area (TPSA) is 42.1 Å². The second-order valence-corrected chi connectivity index (χ2v) is 2.78. The standard InChI is InChI=1S/C9H13N3/c1-4-7-5-8(10)6-11-9(7)12(2)3/h4-6H,1,10H2,2-3H3. The number of hydrogen-bond donors (Lipinski definition) is 1. The van der Waals surface area contributed by atoms with Gasteiger partial charge in [-0.3, -0.25) is 0 Å². The molecule has 0 spiro atoms. The second kappa shape index (κ2) is 3.26. The average molecular weight is 163 g/mol. The van der Waals surface area contributed by atoms with Gasteiger partial charge in [-0.25, -0.2) is 4.98 Å². The van der Waals surface area contributed by atoms with Crippen molar-refractivity contribution in [2.24, 2.45) is 0 Å². The van der Waals surface area contributed by atoms with Crippen molar-refractivity contribution in [1.82, 2.24) is 4.98 Å². The Bertz CT molecular complexity index is 292. The summed E-state index contributed by atoms with van der Waals surface area (Å²) < 4.78 is 0. The maximum atomic E-state index is 5.57. The number of aromatic nitrogens is 1. The third-order valence-corrected chi connectivity index (χ3v) is 1.56. The molecule has 2 N–H and O–H groups in total. The predicted octanol–water partition coefficient (Wildman–Crippen LogP) is 1.37. The van der Waals surface area contributed by atoms with Crippen LogP contribution in [0.15, 0.2) is 18.8 Å². The van der Waals surface area contributed by atoms with Crippen LogP contribution in [0, 0.1) is 0 Å². The number of pyridine rings is 1. The van der Waals surface area contributed by atoms with Crippen molar-refractivity contribution in [3.63, 3.8) is 0 Å². The fourth-order valence-electron chi connectivity index (χ4n) is 1.02. The number of anilines is 2. The van der Waals surface area contributed by atoms with E-state index in [4.69, 9.17) is 5.73 Å². The van der Waals surface area contributed by atoms with E-state index < -0.39 is 0 Å². The van der Waals surface area contributed by atoms with Gasteiger partial charge >= 0.3 is 0 Å². The molecule has 0 fully saturated rings. The van der Waals surface area contributed by atoms with E-state index in [1.165, 1.54) is 0 Å². The number of rotatable bonds is 2. The van der Waals surface area contributed by atoms with Crippen molar-refractivity contribution in [2.75, 3.05) is 24.7 Å². The molecule has 1 heterocycles. The molecular formula is C9H13N3. The van der Waals surface area contributed by atoms with Gasteiger partial charge < -0.3 is 10.6 Å². The molecule has 0 aliphatic heterocycles. The lowest BCUT2D eigenvalue weighted by Crippen LogP contribution is -2.12. The maximum absolute atomic E-state index is 5.57. The molecule has 3 nitrogen and oxygen atoms in total. The third kappa shape index (κ3) is 1.56. The van der Waals surface area contributed by atoms with E-state index in [9.17, 15) is 0 Å². The molecular weight excluding hydrogens is 150 g/mol. The SMILES string of the molecule is C=Cc1cc(N)cnc1N(C)C. The summed E-state index contributed by atoms with van der Waals surface area (Å²) in [6.45, 7) is 3.69. The van der Waals surface area contributed by atoms with Gasteiger partial charge in [0.15, 0.2) is 0 Å². The van der Waals surface area contributed by atoms with Gasteiger partial charge in [0, 0.05) is 19.7 Å². The minimum atomic E-state index is 0.663. The minimum absolute atomic E-state index is 0.663. The van der Waals surface area contributed by atoms with Crippen LogP contribution in [0.1, 0.15) is 5.56 Å². The van der Waals surface area contributed by atoms with E-state index in [2.05, 4.69) is 11.6 Å². The molecule has 1 aromatic heterocycles. The van der Waals surface area contributed by atoms with Gasteiger partial charge in [-0.15, -0.1) is 0 Å². The first kappa shape index (κ1) is 8.59. The van der Waals surface area contributed by atoms with Crippen molar-refractivity contribution in [3.05, 3.63) is 24.4 Å². The van der Waals surface area contributed by atoms with E-state index in [-0.39, 0.29) is 0 Å². The van der Waals surface area contributed by atoms with E-state index >= 15 is 0 Å². The van der Waals surface area contributed by atoms with Crippen LogP contribution in [0.4, 0.5) is 11.5 Å². The molecule has 0 amide bonds. The molecule has 0 unspecified atom stereocenters. The highest BCUT2D eigenvalue weighted by atomic mass is 15.1. The summed E-state index contributed by atoms with van der Waals surface area (Å²) in [4.78, 5) is 6.11. The molecule has 1 rings (SSSR count). The molecule has 64 valence electrons. The first-order chi connectivity index (χ1) is 5.65. The fraction of sp³-hybridized carbons (Fsp3) is 0.222. The van der Waals surface area contributed by atoms with Gasteiger partial charge in [0.1, 0.15) is 5.82 Å². The molecule has 0 aromatic carbocycles. The van der Waals surface area contributed by atoms with E-state index in [1.807, 2.05) is 25.1 Å². The Kier molecular flexibility index (Phi) is 2.33. The highest BCUT2D eigenvalue weighted by molar-refractivity contribution is 5.65. The number of nitrogen functional groups attached to an aromatic ring is 1. The van der Waals surface area contributed by atoms with Crippen LogP contribution in [0.3, 0.4) is 0 Å². The fourth-order valence-corrected chi connectivity index (χ4v) is 1.02. The molecule has 0 radical (unpaired) electrons. The average Bonchev–Trinajstić information content (AvgIpc) is 2.03. The van der Waals surface area contributed by atoms with Gasteiger partial charge in [-0.05, 0) is 6.07 Å². The summed E-state index contributed by atoms with van der Waals surface area (Å²) in [7, 11) is 3.87. The van der Waals surface area contributed by atoms with Crippen LogP contribution in [0.2, 0.25) is 0 Å². The number of nitrogens with zero attached hydrogens (tertiary/aromatic N) is 2. The molecule has 0 aliphatic rings. The van der Waals surface area contributed by atoms with Crippen LogP contribution in [-0.2, 0) is 0 Å². The van der Waals surface area contributed by atoms with E-state index in [0.717, 1.165) is 11.4 Å².